The summed E-state index contributed by atoms with van der Waals surface area (Å²) in [7, 11) is 1.78. The number of carbonyl (C=O) groups is 1. The molecular weight excluding hydrogens is 294 g/mol. The van der Waals surface area contributed by atoms with E-state index in [1.54, 1.807) is 19.3 Å². The highest BCUT2D eigenvalue weighted by Gasteiger charge is 2.32. The largest absolute Gasteiger partial charge is 0.458 e. The van der Waals surface area contributed by atoms with Gasteiger partial charge in [0.05, 0.1) is 17.3 Å². The number of carbonyl (C=O) groups excluding carboxylic acids is 1. The fraction of sp³-hybridized carbons (Fsp3) is 0.529. The standard InChI is InChI=1S/C17H23N3O3/c1-10-11(9-21)4-3-5-16(10)23-17(22)13-7-14-12(8-19-20-14)6-15(13)18-2/h6-8,10-11,16,18,21H,3-5,9H2,1-2H3,(H,19,20). The highest BCUT2D eigenvalue weighted by Crippen LogP contribution is 2.33. The number of hydrogen-bond acceptors (Lipinski definition) is 5. The molecule has 6 heteroatoms. The van der Waals surface area contributed by atoms with Gasteiger partial charge in [0, 0.05) is 24.7 Å². The van der Waals surface area contributed by atoms with Crippen LogP contribution in [0.15, 0.2) is 18.3 Å². The van der Waals surface area contributed by atoms with Crippen LogP contribution in [0.25, 0.3) is 10.9 Å². The summed E-state index contributed by atoms with van der Waals surface area (Å²) in [5.74, 6) is 0.0494. The molecule has 23 heavy (non-hydrogen) atoms. The Hall–Kier alpha value is -2.08. The second-order valence-electron chi connectivity index (χ2n) is 6.28. The Bertz CT molecular complexity index is 697. The van der Waals surface area contributed by atoms with Crippen molar-refractivity contribution >= 4 is 22.6 Å². The number of aliphatic hydroxyl groups excluding tert-OH is 1. The first-order valence-corrected chi connectivity index (χ1v) is 8.10. The van der Waals surface area contributed by atoms with Crippen molar-refractivity contribution in [3.05, 3.63) is 23.9 Å². The van der Waals surface area contributed by atoms with E-state index in [1.165, 1.54) is 0 Å². The number of hydrogen-bond donors (Lipinski definition) is 3. The molecule has 0 saturated heterocycles. The molecule has 3 unspecified atom stereocenters. The summed E-state index contributed by atoms with van der Waals surface area (Å²) in [6, 6.07) is 3.66. The lowest BCUT2D eigenvalue weighted by atomic mass is 9.79. The SMILES string of the molecule is CNc1cc2cn[nH]c2cc1C(=O)OC1CCCC(CO)C1C. The van der Waals surface area contributed by atoms with Crippen LogP contribution < -0.4 is 5.32 Å². The molecule has 1 aliphatic rings. The molecule has 124 valence electrons. The lowest BCUT2D eigenvalue weighted by Crippen LogP contribution is -2.35. The molecule has 0 radical (unpaired) electrons. The van der Waals surface area contributed by atoms with Crippen LogP contribution in [-0.2, 0) is 4.74 Å². The molecule has 0 spiro atoms. The molecule has 0 aliphatic heterocycles. The zero-order valence-corrected chi connectivity index (χ0v) is 13.5. The molecule has 3 atom stereocenters. The van der Waals surface area contributed by atoms with Crippen molar-refractivity contribution in [2.45, 2.75) is 32.3 Å². The third-order valence-corrected chi connectivity index (χ3v) is 4.95. The molecule has 3 N–H and O–H groups in total. The van der Waals surface area contributed by atoms with Gasteiger partial charge in [-0.2, -0.15) is 5.10 Å². The van der Waals surface area contributed by atoms with Crippen molar-refractivity contribution in [1.29, 1.82) is 0 Å². The Morgan fingerprint density at radius 3 is 3.04 bits per heavy atom. The number of nitrogens with zero attached hydrogens (tertiary/aromatic N) is 1. The van der Waals surface area contributed by atoms with Gasteiger partial charge in [-0.1, -0.05) is 6.92 Å². The number of aromatic nitrogens is 2. The van der Waals surface area contributed by atoms with Crippen molar-refractivity contribution in [2.24, 2.45) is 11.8 Å². The summed E-state index contributed by atoms with van der Waals surface area (Å²) in [4.78, 5) is 12.6. The summed E-state index contributed by atoms with van der Waals surface area (Å²) in [6.45, 7) is 2.20. The van der Waals surface area contributed by atoms with Gasteiger partial charge in [-0.3, -0.25) is 5.10 Å². The van der Waals surface area contributed by atoms with Crippen LogP contribution in [0.3, 0.4) is 0 Å². The number of H-pyrrole nitrogens is 1. The average molecular weight is 317 g/mol. The highest BCUT2D eigenvalue weighted by atomic mass is 16.5. The van der Waals surface area contributed by atoms with Crippen LogP contribution in [-0.4, -0.2) is 41.0 Å². The third-order valence-electron chi connectivity index (χ3n) is 4.95. The number of nitrogens with one attached hydrogen (secondary N) is 2. The van der Waals surface area contributed by atoms with Crippen LogP contribution in [0.1, 0.15) is 36.5 Å². The van der Waals surface area contributed by atoms with Gasteiger partial charge in [0.2, 0.25) is 0 Å². The lowest BCUT2D eigenvalue weighted by molar-refractivity contribution is -0.0179. The summed E-state index contributed by atoms with van der Waals surface area (Å²) < 4.78 is 5.77. The fourth-order valence-electron chi connectivity index (χ4n) is 3.40. The van der Waals surface area contributed by atoms with E-state index in [4.69, 9.17) is 4.74 Å². The van der Waals surface area contributed by atoms with Crippen LogP contribution in [0, 0.1) is 11.8 Å². The van der Waals surface area contributed by atoms with Crippen molar-refractivity contribution in [3.8, 4) is 0 Å². The first kappa shape index (κ1) is 15.8. The topological polar surface area (TPSA) is 87.2 Å². The Labute approximate surface area is 135 Å². The van der Waals surface area contributed by atoms with Crippen molar-refractivity contribution in [1.82, 2.24) is 10.2 Å². The summed E-state index contributed by atoms with van der Waals surface area (Å²) in [6.07, 6.45) is 4.40. The van der Waals surface area contributed by atoms with Crippen LogP contribution in [0.2, 0.25) is 0 Å². The second kappa shape index (κ2) is 6.58. The number of esters is 1. The first-order chi connectivity index (χ1) is 11.1. The maximum absolute atomic E-state index is 12.6. The molecule has 1 saturated carbocycles. The van der Waals surface area contributed by atoms with Gasteiger partial charge >= 0.3 is 5.97 Å². The minimum absolute atomic E-state index is 0.143. The summed E-state index contributed by atoms with van der Waals surface area (Å²) >= 11 is 0. The minimum Gasteiger partial charge on any atom is -0.458 e. The second-order valence-corrected chi connectivity index (χ2v) is 6.28. The quantitative estimate of drug-likeness (QED) is 0.754. The molecule has 1 heterocycles. The predicted molar refractivity (Wildman–Crippen MR) is 88.4 cm³/mol. The number of aromatic amines is 1. The van der Waals surface area contributed by atoms with E-state index in [9.17, 15) is 9.90 Å². The number of aliphatic hydroxyl groups is 1. The molecule has 1 aromatic heterocycles. The van der Waals surface area contributed by atoms with Gasteiger partial charge in [0.25, 0.3) is 0 Å². The zero-order valence-electron chi connectivity index (χ0n) is 13.5. The lowest BCUT2D eigenvalue weighted by Gasteiger charge is -2.34. The number of anilines is 1. The minimum atomic E-state index is -0.332. The number of ether oxygens (including phenoxy) is 1. The predicted octanol–water partition coefficient (Wildman–Crippen LogP) is 2.56. The van der Waals surface area contributed by atoms with E-state index in [0.717, 1.165) is 35.9 Å². The van der Waals surface area contributed by atoms with Crippen LogP contribution >= 0.6 is 0 Å². The van der Waals surface area contributed by atoms with Crippen molar-refractivity contribution in [3.63, 3.8) is 0 Å². The molecule has 1 fully saturated rings. The van der Waals surface area contributed by atoms with Gasteiger partial charge < -0.3 is 15.2 Å². The molecule has 6 nitrogen and oxygen atoms in total. The normalized spacial score (nSPS) is 24.6. The smallest absolute Gasteiger partial charge is 0.340 e. The monoisotopic (exact) mass is 317 g/mol. The Morgan fingerprint density at radius 2 is 2.30 bits per heavy atom. The third kappa shape index (κ3) is 3.03. The van der Waals surface area contributed by atoms with E-state index in [0.29, 0.717) is 5.56 Å². The molecule has 0 amide bonds. The number of rotatable bonds is 4. The van der Waals surface area contributed by atoms with Gasteiger partial charge in [-0.05, 0) is 43.2 Å². The molecule has 1 aliphatic carbocycles. The summed E-state index contributed by atoms with van der Waals surface area (Å²) in [5, 5.41) is 20.3. The van der Waals surface area contributed by atoms with E-state index < -0.39 is 0 Å². The van der Waals surface area contributed by atoms with Crippen molar-refractivity contribution < 1.29 is 14.6 Å². The zero-order chi connectivity index (χ0) is 16.4. The molecule has 2 aromatic rings. The average Bonchev–Trinajstić information content (AvgIpc) is 3.02. The van der Waals surface area contributed by atoms with Gasteiger partial charge in [-0.15, -0.1) is 0 Å². The van der Waals surface area contributed by atoms with Gasteiger partial charge in [-0.25, -0.2) is 4.79 Å². The first-order valence-electron chi connectivity index (χ1n) is 8.10. The molecular formula is C17H23N3O3. The Kier molecular flexibility index (Phi) is 4.52. The Morgan fingerprint density at radius 1 is 1.48 bits per heavy atom. The van der Waals surface area contributed by atoms with Gasteiger partial charge in [0.1, 0.15) is 6.10 Å². The molecule has 3 rings (SSSR count). The van der Waals surface area contributed by atoms with E-state index in [2.05, 4.69) is 22.4 Å². The van der Waals surface area contributed by atoms with E-state index in [1.807, 2.05) is 6.07 Å². The number of benzene rings is 1. The van der Waals surface area contributed by atoms with Crippen LogP contribution in [0.5, 0.6) is 0 Å². The number of fused-ring (bicyclic) bond motifs is 1. The molecule has 0 bridgehead atoms. The van der Waals surface area contributed by atoms with E-state index in [-0.39, 0.29) is 30.5 Å². The van der Waals surface area contributed by atoms with Gasteiger partial charge in [0.15, 0.2) is 0 Å². The maximum atomic E-state index is 12.6. The van der Waals surface area contributed by atoms with Crippen LogP contribution in [0.4, 0.5) is 5.69 Å². The van der Waals surface area contributed by atoms with E-state index >= 15 is 0 Å². The molecule has 1 aromatic carbocycles. The summed E-state index contributed by atoms with van der Waals surface area (Å²) in [5.41, 5.74) is 2.04. The Balaban J connectivity index is 1.82. The maximum Gasteiger partial charge on any atom is 0.340 e. The highest BCUT2D eigenvalue weighted by molar-refractivity contribution is 6.00. The fourth-order valence-corrected chi connectivity index (χ4v) is 3.40. The van der Waals surface area contributed by atoms with Crippen molar-refractivity contribution in [2.75, 3.05) is 19.0 Å².